The number of nitrogens with zero attached hydrogens (tertiary/aromatic N) is 3. The van der Waals surface area contributed by atoms with Gasteiger partial charge in [-0.05, 0) is 42.2 Å². The van der Waals surface area contributed by atoms with Gasteiger partial charge < -0.3 is 10.4 Å². The van der Waals surface area contributed by atoms with Crippen molar-refractivity contribution in [3.63, 3.8) is 0 Å². The van der Waals surface area contributed by atoms with Gasteiger partial charge in [0.15, 0.2) is 5.69 Å². The Bertz CT molecular complexity index is 1240. The van der Waals surface area contributed by atoms with E-state index in [1.807, 2.05) is 42.5 Å². The molecular weight excluding hydrogens is 432 g/mol. The van der Waals surface area contributed by atoms with Crippen LogP contribution >= 0.6 is 10.8 Å². The molecule has 1 aliphatic rings. The Morgan fingerprint density at radius 3 is 2.59 bits per heavy atom. The molecule has 0 radical (unpaired) electrons. The molecule has 3 aromatic rings. The lowest BCUT2D eigenvalue weighted by Crippen LogP contribution is -2.40. The van der Waals surface area contributed by atoms with Gasteiger partial charge in [-0.1, -0.05) is 36.4 Å². The molecule has 10 heteroatoms. The summed E-state index contributed by atoms with van der Waals surface area (Å²) in [7, 11) is -1.79. The molecule has 1 amide bonds. The maximum Gasteiger partial charge on any atom is 0.297 e. The highest BCUT2D eigenvalue weighted by atomic mass is 32.3. The summed E-state index contributed by atoms with van der Waals surface area (Å²) in [6.07, 6.45) is 1.33. The number of anilines is 1. The minimum absolute atomic E-state index is 0.0593. The van der Waals surface area contributed by atoms with Gasteiger partial charge in [0.2, 0.25) is 11.7 Å². The number of carbonyl (C=O) groups is 1. The molecular formula is C22H26N4O5S. The number of fused-ring (bicyclic) bond motifs is 1. The molecule has 0 aliphatic carbocycles. The number of aromatic nitrogens is 2. The molecule has 2 aromatic carbocycles. The number of nitrogens with one attached hydrogen (secondary N) is 1. The summed E-state index contributed by atoms with van der Waals surface area (Å²) in [6, 6.07) is 13.3. The van der Waals surface area contributed by atoms with Gasteiger partial charge in [-0.15, -0.1) is 10.8 Å². The van der Waals surface area contributed by atoms with Crippen molar-refractivity contribution >= 4 is 33.4 Å². The van der Waals surface area contributed by atoms with E-state index in [-0.39, 0.29) is 18.2 Å². The lowest BCUT2D eigenvalue weighted by atomic mass is 10.0. The van der Waals surface area contributed by atoms with Crippen LogP contribution in [0.5, 0.6) is 5.75 Å². The summed E-state index contributed by atoms with van der Waals surface area (Å²) in [5.41, 5.74) is -0.429. The normalized spacial score (nSPS) is 17.7. The third-order valence-electron chi connectivity index (χ3n) is 5.68. The van der Waals surface area contributed by atoms with Crippen molar-refractivity contribution in [1.29, 1.82) is 0 Å². The Hall–Kier alpha value is -3.08. The van der Waals surface area contributed by atoms with Crippen LogP contribution in [-0.4, -0.2) is 42.0 Å². The second kappa shape index (κ2) is 8.45. The van der Waals surface area contributed by atoms with E-state index in [4.69, 9.17) is 0 Å². The van der Waals surface area contributed by atoms with Gasteiger partial charge in [-0.2, -0.15) is 0 Å². The molecule has 1 atom stereocenters. The first-order valence-electron chi connectivity index (χ1n) is 10.3. The number of hydrogen-bond donors (Lipinski definition) is 4. The van der Waals surface area contributed by atoms with Gasteiger partial charge in [0.1, 0.15) is 0 Å². The monoisotopic (exact) mass is 458 g/mol. The van der Waals surface area contributed by atoms with Crippen molar-refractivity contribution in [2.24, 2.45) is 7.05 Å². The first-order valence-corrected chi connectivity index (χ1v) is 12.0. The van der Waals surface area contributed by atoms with Crippen LogP contribution in [-0.2, 0) is 7.05 Å². The highest BCUT2D eigenvalue weighted by Crippen LogP contribution is 2.48. The third-order valence-corrected chi connectivity index (χ3v) is 7.57. The molecule has 0 bridgehead atoms. The average molecular weight is 459 g/mol. The number of benzene rings is 2. The summed E-state index contributed by atoms with van der Waals surface area (Å²) < 4.78 is 23.1. The van der Waals surface area contributed by atoms with E-state index >= 15 is 0 Å². The molecule has 2 heterocycles. The average Bonchev–Trinajstić information content (AvgIpc) is 2.77. The van der Waals surface area contributed by atoms with E-state index in [0.717, 1.165) is 20.9 Å². The van der Waals surface area contributed by atoms with E-state index in [9.17, 15) is 23.8 Å². The Morgan fingerprint density at radius 2 is 1.88 bits per heavy atom. The predicted molar refractivity (Wildman–Crippen MR) is 125 cm³/mol. The number of carbonyl (C=O) groups excluding carboxylic acids is 1. The third kappa shape index (κ3) is 4.04. The van der Waals surface area contributed by atoms with Gasteiger partial charge in [-0.25, -0.2) is 9.29 Å². The van der Waals surface area contributed by atoms with Crippen molar-refractivity contribution in [3.05, 3.63) is 64.1 Å². The van der Waals surface area contributed by atoms with Crippen LogP contribution < -0.4 is 15.2 Å². The Morgan fingerprint density at radius 1 is 1.16 bits per heavy atom. The van der Waals surface area contributed by atoms with E-state index in [1.165, 1.54) is 11.4 Å². The first kappa shape index (κ1) is 22.1. The smallest absolute Gasteiger partial charge is 0.297 e. The standard InChI is InChI=1S/C22H26N4O5S/c1-14(16-10-9-15-7-3-4-8-17(15)13-16)23-20(28)18-19(27)21(29)25(2)22(24-18)26-11-5-6-12-32(26,30)31/h3-4,7-10,13-14,27,30-31H,5-6,11-12H2,1-2H3,(H,23,28). The molecule has 1 unspecified atom stereocenters. The molecule has 170 valence electrons. The maximum atomic E-state index is 13.0. The van der Waals surface area contributed by atoms with Gasteiger partial charge >= 0.3 is 0 Å². The first-order chi connectivity index (χ1) is 15.2. The molecule has 9 nitrogen and oxygen atoms in total. The molecule has 32 heavy (non-hydrogen) atoms. The second-order valence-corrected chi connectivity index (χ2v) is 10.0. The summed E-state index contributed by atoms with van der Waals surface area (Å²) >= 11 is 0. The van der Waals surface area contributed by atoms with E-state index in [2.05, 4.69) is 10.3 Å². The highest BCUT2D eigenvalue weighted by Gasteiger charge is 2.32. The molecule has 4 N–H and O–H groups in total. The van der Waals surface area contributed by atoms with Gasteiger partial charge in [0, 0.05) is 13.6 Å². The molecule has 1 aliphatic heterocycles. The molecule has 1 aromatic heterocycles. The van der Waals surface area contributed by atoms with Crippen molar-refractivity contribution in [2.45, 2.75) is 25.8 Å². The molecule has 1 fully saturated rings. The van der Waals surface area contributed by atoms with Crippen molar-refractivity contribution in [2.75, 3.05) is 16.6 Å². The van der Waals surface area contributed by atoms with Crippen LogP contribution in [0, 0.1) is 0 Å². The lowest BCUT2D eigenvalue weighted by molar-refractivity contribution is 0.0931. The zero-order valence-electron chi connectivity index (χ0n) is 17.9. The summed E-state index contributed by atoms with van der Waals surface area (Å²) in [5.74, 6) is -1.41. The fourth-order valence-corrected chi connectivity index (χ4v) is 5.48. The Balaban J connectivity index is 1.65. The SMILES string of the molecule is CC(NC(=O)c1nc(N2CCCCS2(O)O)n(C)c(=O)c1O)c1ccc2ccccc2c1. The number of aromatic hydroxyl groups is 1. The number of rotatable bonds is 4. The van der Waals surface area contributed by atoms with Crippen LogP contribution in [0.15, 0.2) is 47.3 Å². The lowest BCUT2D eigenvalue weighted by Gasteiger charge is -2.46. The van der Waals surface area contributed by atoms with E-state index in [0.29, 0.717) is 12.8 Å². The van der Waals surface area contributed by atoms with Gasteiger partial charge in [0.25, 0.3) is 11.5 Å². The summed E-state index contributed by atoms with van der Waals surface area (Å²) in [4.78, 5) is 29.7. The minimum atomic E-state index is -3.16. The fraction of sp³-hybridized carbons (Fsp3) is 0.318. The quantitative estimate of drug-likeness (QED) is 0.472. The highest BCUT2D eigenvalue weighted by molar-refractivity contribution is 8.25. The van der Waals surface area contributed by atoms with E-state index in [1.54, 1.807) is 6.92 Å². The maximum absolute atomic E-state index is 13.0. The Labute approximate surface area is 186 Å². The number of amides is 1. The van der Waals surface area contributed by atoms with Crippen molar-refractivity contribution in [3.8, 4) is 5.75 Å². The van der Waals surface area contributed by atoms with Crippen LogP contribution in [0.1, 0.15) is 41.9 Å². The van der Waals surface area contributed by atoms with Crippen molar-refractivity contribution < 1.29 is 19.0 Å². The molecule has 0 saturated carbocycles. The molecule has 4 rings (SSSR count). The minimum Gasteiger partial charge on any atom is -0.501 e. The molecule has 0 spiro atoms. The Kier molecular flexibility index (Phi) is 5.85. The van der Waals surface area contributed by atoms with Crippen LogP contribution in [0.2, 0.25) is 0 Å². The van der Waals surface area contributed by atoms with Crippen LogP contribution in [0.25, 0.3) is 10.8 Å². The zero-order valence-corrected chi connectivity index (χ0v) is 18.7. The van der Waals surface area contributed by atoms with Crippen LogP contribution in [0.3, 0.4) is 0 Å². The van der Waals surface area contributed by atoms with E-state index < -0.39 is 39.7 Å². The molecule has 1 saturated heterocycles. The fourth-order valence-electron chi connectivity index (χ4n) is 3.82. The van der Waals surface area contributed by atoms with Gasteiger partial charge in [0.05, 0.1) is 11.8 Å². The number of hydrogen-bond acceptors (Lipinski definition) is 7. The largest absolute Gasteiger partial charge is 0.501 e. The summed E-state index contributed by atoms with van der Waals surface area (Å²) in [5, 5.41) is 15.2. The topological polar surface area (TPSA) is 128 Å². The zero-order chi connectivity index (χ0) is 23.0. The second-order valence-electron chi connectivity index (χ2n) is 7.92. The van der Waals surface area contributed by atoms with Crippen molar-refractivity contribution in [1.82, 2.24) is 14.9 Å². The van der Waals surface area contributed by atoms with Crippen LogP contribution in [0.4, 0.5) is 5.95 Å². The predicted octanol–water partition coefficient (Wildman–Crippen LogP) is 3.40. The summed E-state index contributed by atoms with van der Waals surface area (Å²) in [6.45, 7) is 2.07. The van der Waals surface area contributed by atoms with Gasteiger partial charge in [-0.3, -0.25) is 23.3 Å².